The number of hydrogen-bond acceptors (Lipinski definition) is 3. The molecule has 2 amide bonds. The summed E-state index contributed by atoms with van der Waals surface area (Å²) in [6, 6.07) is 12.9. The van der Waals surface area contributed by atoms with Gasteiger partial charge >= 0.3 is 0 Å². The van der Waals surface area contributed by atoms with Crippen LogP contribution in [0.15, 0.2) is 47.4 Å². The third kappa shape index (κ3) is 3.68. The van der Waals surface area contributed by atoms with Crippen molar-refractivity contribution in [1.29, 1.82) is 0 Å². The van der Waals surface area contributed by atoms with Crippen LogP contribution in [0.3, 0.4) is 0 Å². The summed E-state index contributed by atoms with van der Waals surface area (Å²) in [5, 5.41) is 5.78. The van der Waals surface area contributed by atoms with Gasteiger partial charge < -0.3 is 10.6 Å². The summed E-state index contributed by atoms with van der Waals surface area (Å²) < 4.78 is 0. The van der Waals surface area contributed by atoms with Crippen LogP contribution >= 0.6 is 23.4 Å². The number of carbonyl (C=O) groups is 2. The SMILES string of the molecule is Cc1ccc(NC(=O)C[C@@H]2Sc3ccccc3NC2=O)cc1Cl. The van der Waals surface area contributed by atoms with Crippen LogP contribution in [0.1, 0.15) is 12.0 Å². The van der Waals surface area contributed by atoms with Gasteiger partial charge in [-0.2, -0.15) is 0 Å². The van der Waals surface area contributed by atoms with Crippen LogP contribution in [-0.2, 0) is 9.59 Å². The van der Waals surface area contributed by atoms with E-state index in [4.69, 9.17) is 11.6 Å². The Morgan fingerprint density at radius 2 is 2.09 bits per heavy atom. The molecule has 1 aliphatic heterocycles. The lowest BCUT2D eigenvalue weighted by atomic mass is 10.2. The van der Waals surface area contributed by atoms with Gasteiger partial charge in [0.25, 0.3) is 0 Å². The van der Waals surface area contributed by atoms with Gasteiger partial charge in [0.05, 0.1) is 10.9 Å². The number of hydrogen-bond donors (Lipinski definition) is 2. The van der Waals surface area contributed by atoms with Gasteiger partial charge in [0.2, 0.25) is 11.8 Å². The zero-order chi connectivity index (χ0) is 16.4. The van der Waals surface area contributed by atoms with E-state index in [9.17, 15) is 9.59 Å². The van der Waals surface area contributed by atoms with Crippen LogP contribution < -0.4 is 10.6 Å². The van der Waals surface area contributed by atoms with Crippen molar-refractivity contribution in [3.8, 4) is 0 Å². The molecule has 3 rings (SSSR count). The van der Waals surface area contributed by atoms with E-state index in [0.717, 1.165) is 16.1 Å². The van der Waals surface area contributed by atoms with Crippen molar-refractivity contribution < 1.29 is 9.59 Å². The standard InChI is InChI=1S/C17H15ClN2O2S/c1-10-6-7-11(8-12(10)18)19-16(21)9-15-17(22)20-13-4-2-3-5-14(13)23-15/h2-8,15H,9H2,1H3,(H,19,21)(H,20,22)/t15-/m0/s1. The fourth-order valence-electron chi connectivity index (χ4n) is 2.28. The molecule has 118 valence electrons. The van der Waals surface area contributed by atoms with E-state index in [1.54, 1.807) is 12.1 Å². The first-order chi connectivity index (χ1) is 11.0. The quantitative estimate of drug-likeness (QED) is 0.880. The molecule has 0 unspecified atom stereocenters. The number of rotatable bonds is 3. The van der Waals surface area contributed by atoms with Crippen molar-refractivity contribution in [2.24, 2.45) is 0 Å². The maximum absolute atomic E-state index is 12.2. The molecule has 0 radical (unpaired) electrons. The molecule has 2 aromatic carbocycles. The molecule has 23 heavy (non-hydrogen) atoms. The smallest absolute Gasteiger partial charge is 0.238 e. The first-order valence-corrected chi connectivity index (χ1v) is 8.41. The van der Waals surface area contributed by atoms with Crippen LogP contribution in [0.5, 0.6) is 0 Å². The van der Waals surface area contributed by atoms with E-state index in [1.165, 1.54) is 11.8 Å². The number of fused-ring (bicyclic) bond motifs is 1. The number of thioether (sulfide) groups is 1. The molecule has 6 heteroatoms. The predicted molar refractivity (Wildman–Crippen MR) is 94.2 cm³/mol. The minimum absolute atomic E-state index is 0.107. The zero-order valence-corrected chi connectivity index (χ0v) is 14.0. The molecule has 0 bridgehead atoms. The Balaban J connectivity index is 1.66. The molecule has 0 saturated heterocycles. The molecule has 1 heterocycles. The average Bonchev–Trinajstić information content (AvgIpc) is 2.51. The third-order valence-electron chi connectivity index (χ3n) is 3.53. The molecule has 1 aliphatic rings. The lowest BCUT2D eigenvalue weighted by Crippen LogP contribution is -2.32. The second-order valence-corrected chi connectivity index (χ2v) is 6.96. The maximum Gasteiger partial charge on any atom is 0.238 e. The van der Waals surface area contributed by atoms with Crippen LogP contribution in [0.25, 0.3) is 0 Å². The van der Waals surface area contributed by atoms with Gasteiger partial charge in [-0.15, -0.1) is 11.8 Å². The average molecular weight is 347 g/mol. The molecular weight excluding hydrogens is 332 g/mol. The second-order valence-electron chi connectivity index (χ2n) is 5.31. The summed E-state index contributed by atoms with van der Waals surface area (Å²) in [5.41, 5.74) is 2.38. The lowest BCUT2D eigenvalue weighted by molar-refractivity contribution is -0.120. The minimum atomic E-state index is -0.439. The first-order valence-electron chi connectivity index (χ1n) is 7.15. The number of para-hydroxylation sites is 1. The molecule has 2 N–H and O–H groups in total. The highest BCUT2D eigenvalue weighted by molar-refractivity contribution is 8.01. The maximum atomic E-state index is 12.2. The van der Waals surface area contributed by atoms with Crippen molar-refractivity contribution in [2.75, 3.05) is 10.6 Å². The summed E-state index contributed by atoms with van der Waals surface area (Å²) in [6.07, 6.45) is 0.107. The highest BCUT2D eigenvalue weighted by Crippen LogP contribution is 2.36. The van der Waals surface area contributed by atoms with Crippen molar-refractivity contribution in [3.05, 3.63) is 53.1 Å². The van der Waals surface area contributed by atoms with Gasteiger partial charge in [-0.25, -0.2) is 0 Å². The van der Waals surface area contributed by atoms with Crippen LogP contribution in [0, 0.1) is 6.92 Å². The van der Waals surface area contributed by atoms with Crippen molar-refractivity contribution in [3.63, 3.8) is 0 Å². The van der Waals surface area contributed by atoms with Gasteiger partial charge in [-0.05, 0) is 36.8 Å². The summed E-state index contributed by atoms with van der Waals surface area (Å²) in [6.45, 7) is 1.90. The van der Waals surface area contributed by atoms with E-state index in [-0.39, 0.29) is 18.2 Å². The number of halogens is 1. The molecular formula is C17H15ClN2O2S. The van der Waals surface area contributed by atoms with E-state index >= 15 is 0 Å². The number of anilines is 2. The minimum Gasteiger partial charge on any atom is -0.326 e. The largest absolute Gasteiger partial charge is 0.326 e. The normalized spacial score (nSPS) is 16.4. The van der Waals surface area contributed by atoms with E-state index in [2.05, 4.69) is 10.6 Å². The number of nitrogens with one attached hydrogen (secondary N) is 2. The van der Waals surface area contributed by atoms with Crippen LogP contribution in [0.2, 0.25) is 5.02 Å². The summed E-state index contributed by atoms with van der Waals surface area (Å²) in [7, 11) is 0. The van der Waals surface area contributed by atoms with Crippen molar-refractivity contribution >= 4 is 46.6 Å². The van der Waals surface area contributed by atoms with Crippen molar-refractivity contribution in [2.45, 2.75) is 23.5 Å². The van der Waals surface area contributed by atoms with E-state index < -0.39 is 5.25 Å². The monoisotopic (exact) mass is 346 g/mol. The Kier molecular flexibility index (Phi) is 4.59. The van der Waals surface area contributed by atoms with Gasteiger partial charge in [0.1, 0.15) is 0 Å². The molecule has 0 aliphatic carbocycles. The number of aryl methyl sites for hydroxylation is 1. The van der Waals surface area contributed by atoms with Gasteiger partial charge in [0, 0.05) is 22.0 Å². The molecule has 1 atom stereocenters. The first kappa shape index (κ1) is 15.9. The Morgan fingerprint density at radius 1 is 1.30 bits per heavy atom. The zero-order valence-electron chi connectivity index (χ0n) is 12.4. The molecule has 4 nitrogen and oxygen atoms in total. The number of amides is 2. The Labute approximate surface area is 143 Å². The predicted octanol–water partition coefficient (Wildman–Crippen LogP) is 4.09. The topological polar surface area (TPSA) is 58.2 Å². The van der Waals surface area contributed by atoms with Crippen molar-refractivity contribution in [1.82, 2.24) is 0 Å². The Morgan fingerprint density at radius 3 is 2.87 bits per heavy atom. The Bertz CT molecular complexity index is 779. The molecule has 2 aromatic rings. The summed E-state index contributed by atoms with van der Waals surface area (Å²) in [5.74, 6) is -0.359. The van der Waals surface area contributed by atoms with Crippen LogP contribution in [-0.4, -0.2) is 17.1 Å². The van der Waals surface area contributed by atoms with Gasteiger partial charge in [-0.3, -0.25) is 9.59 Å². The molecule has 0 saturated carbocycles. The summed E-state index contributed by atoms with van der Waals surface area (Å²) >= 11 is 7.46. The number of benzene rings is 2. The second kappa shape index (κ2) is 6.64. The molecule has 0 spiro atoms. The fourth-order valence-corrected chi connectivity index (χ4v) is 3.57. The highest BCUT2D eigenvalue weighted by atomic mass is 35.5. The highest BCUT2D eigenvalue weighted by Gasteiger charge is 2.28. The third-order valence-corrected chi connectivity index (χ3v) is 5.22. The Hall–Kier alpha value is -1.98. The fraction of sp³-hybridized carbons (Fsp3) is 0.176. The van der Waals surface area contributed by atoms with Gasteiger partial charge in [0.15, 0.2) is 0 Å². The molecule has 0 fully saturated rings. The van der Waals surface area contributed by atoms with E-state index in [1.807, 2.05) is 37.3 Å². The van der Waals surface area contributed by atoms with Crippen LogP contribution in [0.4, 0.5) is 11.4 Å². The molecule has 0 aromatic heterocycles. The summed E-state index contributed by atoms with van der Waals surface area (Å²) in [4.78, 5) is 25.3. The van der Waals surface area contributed by atoms with E-state index in [0.29, 0.717) is 10.7 Å². The lowest BCUT2D eigenvalue weighted by Gasteiger charge is -2.23. The number of carbonyl (C=O) groups excluding carboxylic acids is 2. The van der Waals surface area contributed by atoms with Gasteiger partial charge in [-0.1, -0.05) is 29.8 Å².